The third-order valence-corrected chi connectivity index (χ3v) is 2.53. The lowest BCUT2D eigenvalue weighted by molar-refractivity contribution is 0.574. The van der Waals surface area contributed by atoms with Crippen molar-refractivity contribution in [2.45, 2.75) is 26.3 Å². The van der Waals surface area contributed by atoms with Crippen LogP contribution in [-0.2, 0) is 0 Å². The molecule has 1 aromatic rings. The van der Waals surface area contributed by atoms with E-state index in [-0.39, 0.29) is 0 Å². The van der Waals surface area contributed by atoms with Crippen molar-refractivity contribution < 1.29 is 0 Å². The molecule has 2 nitrogen and oxygen atoms in total. The first kappa shape index (κ1) is 10.7. The summed E-state index contributed by atoms with van der Waals surface area (Å²) in [5.41, 5.74) is 3.21. The van der Waals surface area contributed by atoms with E-state index in [1.54, 1.807) is 0 Å². The first-order valence-corrected chi connectivity index (χ1v) is 4.90. The molecule has 0 saturated heterocycles. The van der Waals surface area contributed by atoms with Crippen molar-refractivity contribution >= 4 is 0 Å². The highest BCUT2D eigenvalue weighted by atomic mass is 14.9. The van der Waals surface area contributed by atoms with Gasteiger partial charge in [-0.25, -0.2) is 0 Å². The van der Waals surface area contributed by atoms with E-state index in [2.05, 4.69) is 25.2 Å². The summed E-state index contributed by atoms with van der Waals surface area (Å²) in [5.74, 6) is 0. The molecule has 2 heteroatoms. The molecule has 0 aliphatic carbocycles. The van der Waals surface area contributed by atoms with E-state index < -0.39 is 0 Å². The van der Waals surface area contributed by atoms with Gasteiger partial charge in [-0.05, 0) is 43.7 Å². The molecular formula is C12H16N2. The summed E-state index contributed by atoms with van der Waals surface area (Å²) < 4.78 is 0. The van der Waals surface area contributed by atoms with Crippen LogP contribution in [0.15, 0.2) is 18.2 Å². The highest BCUT2D eigenvalue weighted by molar-refractivity contribution is 5.38. The molecule has 1 rings (SSSR count). The standard InChI is InChI=1S/C12H16N2/c1-4-12(14-3)11-6-5-10(8-13)7-9(11)2/h5-7,12,14H,4H2,1-3H3/t12-/m0/s1. The van der Waals surface area contributed by atoms with Crippen molar-refractivity contribution in [3.05, 3.63) is 34.9 Å². The second-order valence-electron chi connectivity index (χ2n) is 3.43. The van der Waals surface area contributed by atoms with Crippen LogP contribution in [0.5, 0.6) is 0 Å². The molecule has 1 atom stereocenters. The molecule has 0 aliphatic heterocycles. The fourth-order valence-corrected chi connectivity index (χ4v) is 1.72. The van der Waals surface area contributed by atoms with E-state index in [1.165, 1.54) is 11.1 Å². The number of rotatable bonds is 3. The lowest BCUT2D eigenvalue weighted by atomic mass is 9.98. The zero-order valence-corrected chi connectivity index (χ0v) is 8.96. The Morgan fingerprint density at radius 1 is 1.50 bits per heavy atom. The van der Waals surface area contributed by atoms with Crippen LogP contribution in [-0.4, -0.2) is 7.05 Å². The van der Waals surface area contributed by atoms with Crippen molar-refractivity contribution in [2.75, 3.05) is 7.05 Å². The Labute approximate surface area is 85.6 Å². The van der Waals surface area contributed by atoms with Crippen molar-refractivity contribution in [3.63, 3.8) is 0 Å². The molecule has 74 valence electrons. The molecule has 14 heavy (non-hydrogen) atoms. The highest BCUT2D eigenvalue weighted by Gasteiger charge is 2.09. The van der Waals surface area contributed by atoms with Crippen LogP contribution in [0.4, 0.5) is 0 Å². The van der Waals surface area contributed by atoms with Crippen molar-refractivity contribution in [1.29, 1.82) is 5.26 Å². The molecule has 0 heterocycles. The average molecular weight is 188 g/mol. The van der Waals surface area contributed by atoms with Crippen LogP contribution in [0.25, 0.3) is 0 Å². The van der Waals surface area contributed by atoms with Crippen LogP contribution in [0, 0.1) is 18.3 Å². The van der Waals surface area contributed by atoms with Gasteiger partial charge in [0, 0.05) is 6.04 Å². The third-order valence-electron chi connectivity index (χ3n) is 2.53. The van der Waals surface area contributed by atoms with E-state index in [1.807, 2.05) is 25.2 Å². The molecule has 0 fully saturated rings. The summed E-state index contributed by atoms with van der Waals surface area (Å²) in [4.78, 5) is 0. The lowest BCUT2D eigenvalue weighted by Gasteiger charge is -2.16. The third kappa shape index (κ3) is 2.12. The van der Waals surface area contributed by atoms with Gasteiger partial charge in [0.15, 0.2) is 0 Å². The number of nitrogens with zero attached hydrogens (tertiary/aromatic N) is 1. The smallest absolute Gasteiger partial charge is 0.0991 e. The number of aryl methyl sites for hydroxylation is 1. The number of nitrogens with one attached hydrogen (secondary N) is 1. The molecule has 0 spiro atoms. The van der Waals surface area contributed by atoms with Gasteiger partial charge in [-0.1, -0.05) is 13.0 Å². The Morgan fingerprint density at radius 3 is 2.64 bits per heavy atom. The van der Waals surface area contributed by atoms with Crippen LogP contribution >= 0.6 is 0 Å². The molecule has 1 aromatic carbocycles. The number of benzene rings is 1. The Kier molecular flexibility index (Phi) is 3.67. The molecule has 0 saturated carbocycles. The topological polar surface area (TPSA) is 35.8 Å². The molecule has 0 aliphatic rings. The van der Waals surface area contributed by atoms with E-state index in [9.17, 15) is 0 Å². The quantitative estimate of drug-likeness (QED) is 0.791. The van der Waals surface area contributed by atoms with E-state index >= 15 is 0 Å². The number of hydrogen-bond donors (Lipinski definition) is 1. The molecule has 1 N–H and O–H groups in total. The zero-order valence-electron chi connectivity index (χ0n) is 8.96. The maximum atomic E-state index is 8.74. The van der Waals surface area contributed by atoms with Crippen molar-refractivity contribution in [1.82, 2.24) is 5.32 Å². The van der Waals surface area contributed by atoms with Crippen LogP contribution < -0.4 is 5.32 Å². The minimum atomic E-state index is 0.391. The molecule has 0 bridgehead atoms. The first-order valence-electron chi connectivity index (χ1n) is 4.90. The highest BCUT2D eigenvalue weighted by Crippen LogP contribution is 2.20. The first-order chi connectivity index (χ1) is 6.72. The van der Waals surface area contributed by atoms with Crippen molar-refractivity contribution in [2.24, 2.45) is 0 Å². The van der Waals surface area contributed by atoms with E-state index in [4.69, 9.17) is 5.26 Å². The molecule has 0 aromatic heterocycles. The second kappa shape index (κ2) is 4.78. The monoisotopic (exact) mass is 188 g/mol. The minimum Gasteiger partial charge on any atom is -0.313 e. The maximum Gasteiger partial charge on any atom is 0.0991 e. The van der Waals surface area contributed by atoms with Gasteiger partial charge in [0.25, 0.3) is 0 Å². The summed E-state index contributed by atoms with van der Waals surface area (Å²) >= 11 is 0. The molecule has 0 radical (unpaired) electrons. The van der Waals surface area contributed by atoms with Gasteiger partial charge in [-0.3, -0.25) is 0 Å². The fourth-order valence-electron chi connectivity index (χ4n) is 1.72. The van der Waals surface area contributed by atoms with Gasteiger partial charge in [0.05, 0.1) is 11.6 Å². The zero-order chi connectivity index (χ0) is 10.6. The summed E-state index contributed by atoms with van der Waals surface area (Å²) in [5, 5.41) is 12.0. The Balaban J connectivity index is 3.05. The second-order valence-corrected chi connectivity index (χ2v) is 3.43. The van der Waals surface area contributed by atoms with Gasteiger partial charge in [-0.15, -0.1) is 0 Å². The van der Waals surface area contributed by atoms with Gasteiger partial charge in [0.1, 0.15) is 0 Å². The average Bonchev–Trinajstić information content (AvgIpc) is 2.22. The van der Waals surface area contributed by atoms with Crippen LogP contribution in [0.2, 0.25) is 0 Å². The Morgan fingerprint density at radius 2 is 2.21 bits per heavy atom. The number of hydrogen-bond acceptors (Lipinski definition) is 2. The van der Waals surface area contributed by atoms with Gasteiger partial charge >= 0.3 is 0 Å². The van der Waals surface area contributed by atoms with Gasteiger partial charge in [0.2, 0.25) is 0 Å². The van der Waals surface area contributed by atoms with Gasteiger partial charge < -0.3 is 5.32 Å². The van der Waals surface area contributed by atoms with Crippen molar-refractivity contribution in [3.8, 4) is 6.07 Å². The predicted octanol–water partition coefficient (Wildman–Crippen LogP) is 2.54. The molecular weight excluding hydrogens is 172 g/mol. The summed E-state index contributed by atoms with van der Waals surface area (Å²) in [6, 6.07) is 8.40. The van der Waals surface area contributed by atoms with E-state index in [0.717, 1.165) is 12.0 Å². The predicted molar refractivity (Wildman–Crippen MR) is 58.0 cm³/mol. The van der Waals surface area contributed by atoms with Crippen LogP contribution in [0.3, 0.4) is 0 Å². The molecule has 0 amide bonds. The fraction of sp³-hybridized carbons (Fsp3) is 0.417. The Bertz CT molecular complexity index is 346. The SMILES string of the molecule is CC[C@H](NC)c1ccc(C#N)cc1C. The number of nitriles is 1. The molecule has 0 unspecified atom stereocenters. The van der Waals surface area contributed by atoms with Crippen LogP contribution in [0.1, 0.15) is 36.1 Å². The summed E-state index contributed by atoms with van der Waals surface area (Å²) in [6.07, 6.45) is 1.06. The Hall–Kier alpha value is -1.33. The summed E-state index contributed by atoms with van der Waals surface area (Å²) in [6.45, 7) is 4.20. The minimum absolute atomic E-state index is 0.391. The lowest BCUT2D eigenvalue weighted by Crippen LogP contribution is -2.16. The summed E-state index contributed by atoms with van der Waals surface area (Å²) in [7, 11) is 1.96. The normalized spacial score (nSPS) is 12.1. The maximum absolute atomic E-state index is 8.74. The largest absolute Gasteiger partial charge is 0.313 e. The van der Waals surface area contributed by atoms with Gasteiger partial charge in [-0.2, -0.15) is 5.26 Å². The van der Waals surface area contributed by atoms with E-state index in [0.29, 0.717) is 6.04 Å².